The molecule has 1 aromatic carbocycles. The van der Waals surface area contributed by atoms with Crippen molar-refractivity contribution in [2.45, 2.75) is 25.2 Å². The van der Waals surface area contributed by atoms with Crippen LogP contribution in [-0.2, 0) is 11.3 Å². The molecule has 3 heterocycles. The molecule has 26 heavy (non-hydrogen) atoms. The summed E-state index contributed by atoms with van der Waals surface area (Å²) in [4.78, 5) is 16.7. The molecule has 8 nitrogen and oxygen atoms in total. The maximum atomic E-state index is 12.9. The fourth-order valence-electron chi connectivity index (χ4n) is 3.68. The first-order valence-corrected chi connectivity index (χ1v) is 8.89. The third-order valence-electron chi connectivity index (χ3n) is 5.21. The van der Waals surface area contributed by atoms with Crippen molar-refractivity contribution >= 4 is 11.6 Å². The van der Waals surface area contributed by atoms with E-state index in [0.717, 1.165) is 17.8 Å². The molecule has 1 amide bonds. The third-order valence-corrected chi connectivity index (χ3v) is 5.21. The van der Waals surface area contributed by atoms with Crippen LogP contribution in [0.15, 0.2) is 30.5 Å². The van der Waals surface area contributed by atoms with Crippen LogP contribution < -0.4 is 4.90 Å². The number of amides is 1. The van der Waals surface area contributed by atoms with Crippen molar-refractivity contribution in [2.75, 3.05) is 38.2 Å². The number of ether oxygens (including phenoxy) is 1. The molecule has 8 heteroatoms. The highest BCUT2D eigenvalue weighted by molar-refractivity contribution is 5.94. The monoisotopic (exact) mass is 357 g/mol. The molecule has 0 radical (unpaired) electrons. The highest BCUT2D eigenvalue weighted by atomic mass is 16.5. The summed E-state index contributed by atoms with van der Waals surface area (Å²) in [5.41, 5.74) is 2.60. The first kappa shape index (κ1) is 17.0. The highest BCUT2D eigenvalue weighted by Crippen LogP contribution is 2.30. The van der Waals surface area contributed by atoms with Gasteiger partial charge >= 0.3 is 0 Å². The Morgan fingerprint density at radius 2 is 2.19 bits per heavy atom. The van der Waals surface area contributed by atoms with Gasteiger partial charge in [-0.3, -0.25) is 4.79 Å². The van der Waals surface area contributed by atoms with Crippen LogP contribution in [0.3, 0.4) is 0 Å². The Kier molecular flexibility index (Phi) is 4.60. The molecule has 0 saturated carbocycles. The van der Waals surface area contributed by atoms with E-state index in [1.807, 2.05) is 45.8 Å². The van der Waals surface area contributed by atoms with E-state index in [1.165, 1.54) is 0 Å². The smallest absolute Gasteiger partial charge is 0.253 e. The van der Waals surface area contributed by atoms with Crippen molar-refractivity contribution < 1.29 is 14.6 Å². The summed E-state index contributed by atoms with van der Waals surface area (Å²) in [7, 11) is 1.91. The van der Waals surface area contributed by atoms with E-state index in [-0.39, 0.29) is 24.7 Å². The van der Waals surface area contributed by atoms with Gasteiger partial charge in [0.05, 0.1) is 37.3 Å². The van der Waals surface area contributed by atoms with E-state index in [0.29, 0.717) is 31.8 Å². The van der Waals surface area contributed by atoms with Crippen molar-refractivity contribution in [3.63, 3.8) is 0 Å². The van der Waals surface area contributed by atoms with Gasteiger partial charge in [0, 0.05) is 37.9 Å². The number of aromatic nitrogens is 3. The van der Waals surface area contributed by atoms with Crippen molar-refractivity contribution in [3.8, 4) is 0 Å². The number of aliphatic hydroxyl groups excluding tert-OH is 1. The summed E-state index contributed by atoms with van der Waals surface area (Å²) in [6.07, 6.45) is 2.61. The Morgan fingerprint density at radius 3 is 2.96 bits per heavy atom. The first-order valence-electron chi connectivity index (χ1n) is 8.89. The Labute approximate surface area is 152 Å². The molecule has 2 aliphatic rings. The van der Waals surface area contributed by atoms with Crippen LogP contribution in [0.2, 0.25) is 0 Å². The number of carbonyl (C=O) groups is 1. The number of carbonyl (C=O) groups excluding carboxylic acids is 1. The molecule has 1 saturated heterocycles. The van der Waals surface area contributed by atoms with Crippen molar-refractivity contribution in [3.05, 3.63) is 41.7 Å². The number of hydrogen-bond donors (Lipinski definition) is 1. The van der Waals surface area contributed by atoms with Crippen LogP contribution in [0, 0.1) is 0 Å². The molecule has 4 rings (SSSR count). The number of piperidine rings is 1. The van der Waals surface area contributed by atoms with Crippen LogP contribution in [-0.4, -0.2) is 70.3 Å². The fraction of sp³-hybridized carbons (Fsp3) is 0.500. The third kappa shape index (κ3) is 3.06. The number of hydrogen-bond acceptors (Lipinski definition) is 6. The van der Waals surface area contributed by atoms with Gasteiger partial charge in [0.15, 0.2) is 0 Å². The molecule has 2 aliphatic heterocycles. The Hall–Kier alpha value is -2.45. The average molecular weight is 357 g/mol. The molecule has 0 spiro atoms. The fourth-order valence-corrected chi connectivity index (χ4v) is 3.68. The van der Waals surface area contributed by atoms with Crippen molar-refractivity contribution in [1.82, 2.24) is 19.9 Å². The van der Waals surface area contributed by atoms with Gasteiger partial charge in [-0.05, 0) is 30.7 Å². The molecular weight excluding hydrogens is 334 g/mol. The summed E-state index contributed by atoms with van der Waals surface area (Å²) in [5, 5.41) is 17.2. The molecule has 138 valence electrons. The molecule has 1 fully saturated rings. The van der Waals surface area contributed by atoms with Crippen LogP contribution >= 0.6 is 0 Å². The zero-order chi connectivity index (χ0) is 18.1. The summed E-state index contributed by atoms with van der Waals surface area (Å²) in [5.74, 6) is 0.0204. The van der Waals surface area contributed by atoms with Crippen molar-refractivity contribution in [2.24, 2.45) is 0 Å². The van der Waals surface area contributed by atoms with E-state index in [4.69, 9.17) is 9.84 Å². The molecule has 2 aromatic rings. The van der Waals surface area contributed by atoms with Crippen LogP contribution in [0.5, 0.6) is 0 Å². The second-order valence-corrected chi connectivity index (χ2v) is 6.82. The molecule has 2 atom stereocenters. The topological polar surface area (TPSA) is 83.7 Å². The number of aliphatic hydroxyl groups is 1. The second kappa shape index (κ2) is 7.05. The standard InChI is InChI=1S/C18H23N5O3/c1-21(8-9-24)14-4-2-13(3-5-14)18(25)22-7-6-17-16(11-22)23-15(12-26-17)10-19-20-23/h2-5,10,16-17,24H,6-9,11-12H2,1H3/t16-,17+/m1/s1. The lowest BCUT2D eigenvalue weighted by molar-refractivity contribution is -0.0605. The molecular formula is C18H23N5O3. The minimum absolute atomic E-state index is 0.0204. The summed E-state index contributed by atoms with van der Waals surface area (Å²) in [6.45, 7) is 2.44. The Morgan fingerprint density at radius 1 is 1.38 bits per heavy atom. The molecule has 1 aromatic heterocycles. The van der Waals surface area contributed by atoms with Crippen LogP contribution in [0.1, 0.15) is 28.5 Å². The second-order valence-electron chi connectivity index (χ2n) is 6.82. The highest BCUT2D eigenvalue weighted by Gasteiger charge is 2.38. The average Bonchev–Trinajstić information content (AvgIpc) is 3.16. The maximum absolute atomic E-state index is 12.9. The Balaban J connectivity index is 1.47. The number of likely N-dealkylation sites (tertiary alicyclic amines) is 1. The quantitative estimate of drug-likeness (QED) is 0.867. The van der Waals surface area contributed by atoms with Crippen LogP contribution in [0.4, 0.5) is 5.69 Å². The van der Waals surface area contributed by atoms with Gasteiger partial charge in [0.25, 0.3) is 5.91 Å². The number of likely N-dealkylation sites (N-methyl/N-ethyl adjacent to an activating group) is 1. The van der Waals surface area contributed by atoms with E-state index < -0.39 is 0 Å². The minimum Gasteiger partial charge on any atom is -0.395 e. The van der Waals surface area contributed by atoms with Gasteiger partial charge in [0.1, 0.15) is 0 Å². The summed E-state index contributed by atoms with van der Waals surface area (Å²) >= 11 is 0. The summed E-state index contributed by atoms with van der Waals surface area (Å²) < 4.78 is 7.80. The number of anilines is 1. The van der Waals surface area contributed by atoms with E-state index in [1.54, 1.807) is 6.20 Å². The lowest BCUT2D eigenvalue weighted by atomic mass is 9.99. The zero-order valence-corrected chi connectivity index (χ0v) is 14.8. The SMILES string of the molecule is CN(CCO)c1ccc(C(=O)N2CC[C@@H]3OCc4cnnn4[C@@H]3C2)cc1. The van der Waals surface area contributed by atoms with Gasteiger partial charge in [-0.1, -0.05) is 5.21 Å². The van der Waals surface area contributed by atoms with Crippen LogP contribution in [0.25, 0.3) is 0 Å². The lowest BCUT2D eigenvalue weighted by Gasteiger charge is -2.41. The largest absolute Gasteiger partial charge is 0.395 e. The zero-order valence-electron chi connectivity index (χ0n) is 14.8. The van der Waals surface area contributed by atoms with E-state index >= 15 is 0 Å². The minimum atomic E-state index is 0.0204. The van der Waals surface area contributed by atoms with Crippen molar-refractivity contribution in [1.29, 1.82) is 0 Å². The first-order chi connectivity index (χ1) is 12.7. The number of benzene rings is 1. The normalized spacial score (nSPS) is 21.8. The van der Waals surface area contributed by atoms with E-state index in [9.17, 15) is 4.79 Å². The van der Waals surface area contributed by atoms with Gasteiger partial charge in [-0.25, -0.2) is 4.68 Å². The predicted molar refractivity (Wildman–Crippen MR) is 95.0 cm³/mol. The number of nitrogens with zero attached hydrogens (tertiary/aromatic N) is 5. The predicted octanol–water partition coefficient (Wildman–Crippen LogP) is 0.693. The maximum Gasteiger partial charge on any atom is 0.253 e. The van der Waals surface area contributed by atoms with Gasteiger partial charge in [-0.15, -0.1) is 5.10 Å². The number of fused-ring (bicyclic) bond motifs is 3. The van der Waals surface area contributed by atoms with Gasteiger partial charge in [-0.2, -0.15) is 0 Å². The Bertz CT molecular complexity index is 775. The molecule has 0 bridgehead atoms. The molecule has 0 unspecified atom stereocenters. The number of rotatable bonds is 4. The molecule has 1 N–H and O–H groups in total. The van der Waals surface area contributed by atoms with Gasteiger partial charge < -0.3 is 19.6 Å². The lowest BCUT2D eigenvalue weighted by Crippen LogP contribution is -2.49. The molecule has 0 aliphatic carbocycles. The summed E-state index contributed by atoms with van der Waals surface area (Å²) in [6, 6.07) is 7.53. The van der Waals surface area contributed by atoms with E-state index in [2.05, 4.69) is 10.3 Å². The van der Waals surface area contributed by atoms with Gasteiger partial charge in [0.2, 0.25) is 0 Å².